The molecule has 4 aromatic carbocycles. The van der Waals surface area contributed by atoms with E-state index in [4.69, 9.17) is 35.2 Å². The molecule has 0 bridgehead atoms. The molecule has 0 spiro atoms. The Morgan fingerprint density at radius 2 is 0.986 bits per heavy atom. The highest BCUT2D eigenvalue weighted by atomic mass is 32.2. The molecule has 0 aliphatic carbocycles. The standard InChI is InChI=1S/C29H33NO5S.C28H33NO3S2/c1-16-9-10-22(28-29(35-20(5)32)27(34-19(4)31)17(2)18(3)33-28)13-23(16)15-25-11-12-26(36-25)21-7-6-8-24(30)14-21;1-16-9-10-21(27-28(33-5)26(32-19(4)30)17(2)18(3)31-27)13-22(16)15-24-11-12-25(34-24)20-7-6-8-23(29)14-20/h6-14,17-18,27-29H,15,30H2,1-5H3;6-14,17-18,26-28H,15,29H2,1-5H3/t17-,18-,27+,28?,29-;17-,18-,26+,27?,28-/m11/s1. The number of esters is 3. The number of rotatable bonds is 12. The van der Waals surface area contributed by atoms with Gasteiger partial charge in [0.15, 0.2) is 6.10 Å². The van der Waals surface area contributed by atoms with Crippen molar-refractivity contribution in [3.8, 4) is 20.9 Å². The van der Waals surface area contributed by atoms with Crippen LogP contribution in [0.1, 0.15) is 104 Å². The first-order valence-corrected chi connectivity index (χ1v) is 26.7. The van der Waals surface area contributed by atoms with E-state index in [-0.39, 0.29) is 47.5 Å². The zero-order valence-corrected chi connectivity index (χ0v) is 44.2. The topological polar surface area (TPSA) is 149 Å². The molecule has 10 atom stereocenters. The van der Waals surface area contributed by atoms with E-state index in [9.17, 15) is 14.4 Å². The molecular formula is C57H66N2O8S3. The maximum atomic E-state index is 12.0. The van der Waals surface area contributed by atoms with E-state index >= 15 is 0 Å². The van der Waals surface area contributed by atoms with Crippen LogP contribution in [0.2, 0.25) is 0 Å². The summed E-state index contributed by atoms with van der Waals surface area (Å²) >= 11 is 5.26. The third-order valence-electron chi connectivity index (χ3n) is 13.5. The summed E-state index contributed by atoms with van der Waals surface area (Å²) < 4.78 is 30.0. The minimum absolute atomic E-state index is 0.000617. The lowest BCUT2D eigenvalue weighted by molar-refractivity contribution is -0.222. The number of ether oxygens (including phenoxy) is 5. The highest BCUT2D eigenvalue weighted by Gasteiger charge is 2.47. The largest absolute Gasteiger partial charge is 0.461 e. The highest BCUT2D eigenvalue weighted by molar-refractivity contribution is 7.99. The number of hydrogen-bond donors (Lipinski definition) is 2. The average molecular weight is 1000 g/mol. The van der Waals surface area contributed by atoms with Crippen molar-refractivity contribution >= 4 is 63.7 Å². The van der Waals surface area contributed by atoms with Gasteiger partial charge in [0.05, 0.1) is 23.6 Å². The second-order valence-corrected chi connectivity index (χ2v) is 22.0. The molecule has 2 fully saturated rings. The lowest BCUT2D eigenvalue weighted by Crippen LogP contribution is -2.52. The van der Waals surface area contributed by atoms with Crippen LogP contribution in [0.5, 0.6) is 0 Å². The molecule has 70 heavy (non-hydrogen) atoms. The number of thiophene rings is 2. The second kappa shape index (κ2) is 23.2. The molecule has 10 nitrogen and oxygen atoms in total. The van der Waals surface area contributed by atoms with Crippen LogP contribution in [-0.2, 0) is 50.9 Å². The number of carbonyl (C=O) groups excluding carboxylic acids is 3. The van der Waals surface area contributed by atoms with Gasteiger partial charge in [0.25, 0.3) is 0 Å². The number of hydrogen-bond acceptors (Lipinski definition) is 13. The summed E-state index contributed by atoms with van der Waals surface area (Å²) in [4.78, 5) is 40.6. The van der Waals surface area contributed by atoms with Gasteiger partial charge in [0.1, 0.15) is 18.3 Å². The fourth-order valence-electron chi connectivity index (χ4n) is 9.32. The van der Waals surface area contributed by atoms with Gasteiger partial charge < -0.3 is 35.2 Å². The van der Waals surface area contributed by atoms with E-state index in [1.165, 1.54) is 51.4 Å². The van der Waals surface area contributed by atoms with Gasteiger partial charge in [-0.3, -0.25) is 14.4 Å². The Morgan fingerprint density at radius 3 is 1.44 bits per heavy atom. The van der Waals surface area contributed by atoms with Crippen LogP contribution in [0, 0.1) is 25.7 Å². The predicted octanol–water partition coefficient (Wildman–Crippen LogP) is 12.5. The van der Waals surface area contributed by atoms with E-state index in [0.717, 1.165) is 57.6 Å². The molecule has 6 aromatic rings. The summed E-state index contributed by atoms with van der Waals surface area (Å²) in [5.41, 5.74) is 22.6. The molecule has 2 saturated heterocycles. The Hall–Kier alpha value is -5.44. The van der Waals surface area contributed by atoms with Crippen LogP contribution in [0.4, 0.5) is 11.4 Å². The first kappa shape index (κ1) is 52.4. The molecule has 8 rings (SSSR count). The van der Waals surface area contributed by atoms with Crippen molar-refractivity contribution < 1.29 is 38.1 Å². The summed E-state index contributed by atoms with van der Waals surface area (Å²) in [6, 6.07) is 37.4. The maximum Gasteiger partial charge on any atom is 0.303 e. The van der Waals surface area contributed by atoms with Crippen LogP contribution in [0.3, 0.4) is 0 Å². The summed E-state index contributed by atoms with van der Waals surface area (Å²) in [6.45, 7) is 16.5. The average Bonchev–Trinajstić information content (AvgIpc) is 3.99. The first-order valence-electron chi connectivity index (χ1n) is 23.8. The number of carbonyl (C=O) groups is 3. The van der Waals surface area contributed by atoms with Crippen LogP contribution in [0.15, 0.2) is 109 Å². The van der Waals surface area contributed by atoms with Gasteiger partial charge in [0, 0.05) is 76.3 Å². The summed E-state index contributed by atoms with van der Waals surface area (Å²) in [7, 11) is 0. The molecule has 370 valence electrons. The minimum atomic E-state index is -0.731. The van der Waals surface area contributed by atoms with Gasteiger partial charge >= 0.3 is 17.9 Å². The van der Waals surface area contributed by atoms with E-state index in [1.54, 1.807) is 34.4 Å². The number of nitrogens with two attached hydrogens (primary N) is 2. The van der Waals surface area contributed by atoms with E-state index in [0.29, 0.717) is 0 Å². The number of nitrogen functional groups attached to an aromatic ring is 2. The Labute approximate surface area is 425 Å². The third kappa shape index (κ3) is 12.7. The fraction of sp³-hybridized carbons (Fsp3) is 0.386. The Bertz CT molecular complexity index is 2780. The monoisotopic (exact) mass is 1000 g/mol. The van der Waals surface area contributed by atoms with Crippen LogP contribution < -0.4 is 11.5 Å². The molecule has 0 radical (unpaired) electrons. The van der Waals surface area contributed by atoms with Gasteiger partial charge in [0.2, 0.25) is 0 Å². The zero-order valence-electron chi connectivity index (χ0n) is 41.7. The first-order chi connectivity index (χ1) is 33.4. The fourth-order valence-corrected chi connectivity index (χ4v) is 12.4. The summed E-state index contributed by atoms with van der Waals surface area (Å²) in [6.07, 6.45) is 1.33. The summed E-state index contributed by atoms with van der Waals surface area (Å²) in [5, 5.41) is 0.0440. The molecule has 0 amide bonds. The van der Waals surface area contributed by atoms with Gasteiger partial charge in [-0.15, -0.1) is 22.7 Å². The van der Waals surface area contributed by atoms with Gasteiger partial charge in [-0.1, -0.05) is 74.5 Å². The van der Waals surface area contributed by atoms with Crippen LogP contribution >= 0.6 is 34.4 Å². The van der Waals surface area contributed by atoms with Crippen LogP contribution in [-0.4, -0.2) is 59.9 Å². The van der Waals surface area contributed by atoms with Gasteiger partial charge in [-0.2, -0.15) is 11.8 Å². The molecular weight excluding hydrogens is 937 g/mol. The molecule has 2 aliphatic rings. The SMILES string of the molecule is CC(=O)O[C@H]1[C@H](C)[C@@H](C)OC(c2ccc(C)c(Cc3ccc(-c4cccc(N)c4)s3)c2)[C@@H]1OC(C)=O.CS[C@H]1C(c2ccc(C)c(Cc3ccc(-c4cccc(N)c4)s3)c2)O[C@H](C)[C@@H](C)[C@@H]1OC(C)=O. The van der Waals surface area contributed by atoms with E-state index in [1.807, 2.05) is 56.3 Å². The molecule has 4 N–H and O–H groups in total. The van der Waals surface area contributed by atoms with E-state index in [2.05, 4.69) is 101 Å². The lowest BCUT2D eigenvalue weighted by atomic mass is 9.85. The number of anilines is 2. The second-order valence-electron chi connectivity index (χ2n) is 18.7. The highest BCUT2D eigenvalue weighted by Crippen LogP contribution is 2.44. The Balaban J connectivity index is 0.000000207. The molecule has 2 unspecified atom stereocenters. The molecule has 2 aliphatic heterocycles. The predicted molar refractivity (Wildman–Crippen MR) is 285 cm³/mol. The van der Waals surface area contributed by atoms with Crippen molar-refractivity contribution in [2.75, 3.05) is 17.7 Å². The Kier molecular flexibility index (Phi) is 17.4. The normalized spacial score (nSPS) is 24.2. The van der Waals surface area contributed by atoms with Crippen LogP contribution in [0.25, 0.3) is 20.9 Å². The number of thioether (sulfide) groups is 1. The van der Waals surface area contributed by atoms with E-state index < -0.39 is 30.3 Å². The Morgan fingerprint density at radius 1 is 0.557 bits per heavy atom. The number of aryl methyl sites for hydroxylation is 2. The zero-order chi connectivity index (χ0) is 50.4. The third-order valence-corrected chi connectivity index (χ3v) is 16.8. The molecule has 0 saturated carbocycles. The van der Waals surface area contributed by atoms with Crippen molar-refractivity contribution in [2.24, 2.45) is 11.8 Å². The van der Waals surface area contributed by atoms with Crippen molar-refractivity contribution in [3.05, 3.63) is 152 Å². The maximum absolute atomic E-state index is 12.0. The van der Waals surface area contributed by atoms with Crippen molar-refractivity contribution in [1.82, 2.24) is 0 Å². The van der Waals surface area contributed by atoms with Crippen molar-refractivity contribution in [3.63, 3.8) is 0 Å². The quantitative estimate of drug-likeness (QED) is 0.0685. The summed E-state index contributed by atoms with van der Waals surface area (Å²) in [5.74, 6) is -1.07. The van der Waals surface area contributed by atoms with Crippen molar-refractivity contribution in [1.29, 1.82) is 0 Å². The smallest absolute Gasteiger partial charge is 0.303 e. The lowest BCUT2D eigenvalue weighted by Gasteiger charge is -2.44. The van der Waals surface area contributed by atoms with Gasteiger partial charge in [-0.25, -0.2) is 0 Å². The minimum Gasteiger partial charge on any atom is -0.461 e. The number of benzene rings is 4. The van der Waals surface area contributed by atoms with Crippen molar-refractivity contribution in [2.45, 2.75) is 123 Å². The molecule has 2 aromatic heterocycles. The van der Waals surface area contributed by atoms with Gasteiger partial charge in [-0.05, 0) is 127 Å². The molecule has 4 heterocycles. The molecule has 13 heteroatoms.